The van der Waals surface area contributed by atoms with E-state index in [9.17, 15) is 14.4 Å². The van der Waals surface area contributed by atoms with E-state index in [1.807, 2.05) is 88.4 Å². The number of carbonyl (C=O) groups is 2. The molecule has 0 radical (unpaired) electrons. The summed E-state index contributed by atoms with van der Waals surface area (Å²) in [6, 6.07) is 17.7. The average Bonchev–Trinajstić information content (AvgIpc) is 3.56. The van der Waals surface area contributed by atoms with Gasteiger partial charge in [-0.2, -0.15) is 0 Å². The van der Waals surface area contributed by atoms with Gasteiger partial charge in [0, 0.05) is 34.5 Å². The highest BCUT2D eigenvalue weighted by atomic mass is 16.5. The summed E-state index contributed by atoms with van der Waals surface area (Å²) in [5.41, 5.74) is 2.76. The number of benzene rings is 2. The Hall–Kier alpha value is -4.98. The molecule has 2 unspecified atom stereocenters. The van der Waals surface area contributed by atoms with E-state index < -0.39 is 23.5 Å². The van der Waals surface area contributed by atoms with Gasteiger partial charge < -0.3 is 19.1 Å². The summed E-state index contributed by atoms with van der Waals surface area (Å²) in [5, 5.41) is 0.914. The van der Waals surface area contributed by atoms with Crippen LogP contribution < -0.4 is 14.9 Å². The van der Waals surface area contributed by atoms with Crippen molar-refractivity contribution in [1.29, 1.82) is 0 Å². The molecule has 0 bridgehead atoms. The lowest BCUT2D eigenvalue weighted by molar-refractivity contribution is -0.147. The van der Waals surface area contributed by atoms with E-state index in [1.54, 1.807) is 30.2 Å². The first-order chi connectivity index (χ1) is 21.1. The highest BCUT2D eigenvalue weighted by Crippen LogP contribution is 2.48. The van der Waals surface area contributed by atoms with Crippen LogP contribution in [0.5, 0.6) is 11.6 Å². The number of esters is 1. The molecule has 4 aromatic rings. The monoisotopic (exact) mass is 590 g/mol. The Balaban J connectivity index is 1.52. The number of ketones is 1. The minimum atomic E-state index is -0.857. The maximum absolute atomic E-state index is 14.2. The summed E-state index contributed by atoms with van der Waals surface area (Å²) in [7, 11) is 0. The smallest absolute Gasteiger partial charge is 0.330 e. The molecule has 3 aromatic carbocycles. The molecule has 2 aliphatic heterocycles. The number of allylic oxidation sites excluding steroid dienone is 3. The number of ether oxygens (including phenoxy) is 3. The standard InChI is InChI=1S/C36H34N2O6/c1-6-42-34-33(44-36(3,4)5)28-27(32(28)40)29(37-34)23-18-19-24-26(31(39)22-16-12-9-13-17-22)25(21-14-10-8-11-15-21)30(38(24)20-23)35(41)43-7-2/h8-20,25,30H,6-7H2,1-5H3. The van der Waals surface area contributed by atoms with Crippen molar-refractivity contribution in [3.05, 3.63) is 117 Å². The quantitative estimate of drug-likeness (QED) is 0.170. The van der Waals surface area contributed by atoms with Crippen LogP contribution in [0.1, 0.15) is 62.2 Å². The maximum Gasteiger partial charge on any atom is 0.330 e. The Morgan fingerprint density at radius 3 is 2.23 bits per heavy atom. The zero-order valence-electron chi connectivity index (χ0n) is 25.4. The molecule has 6 rings (SSSR count). The summed E-state index contributed by atoms with van der Waals surface area (Å²) >= 11 is 0. The van der Waals surface area contributed by atoms with Gasteiger partial charge in [-0.25, -0.2) is 9.78 Å². The van der Waals surface area contributed by atoms with Crippen molar-refractivity contribution in [1.82, 2.24) is 9.88 Å². The SMILES string of the molecule is CCOC(=O)C1C(c2ccccc2)C(C(=O)c2ccccc2)=C2C=CC(c3nc(OCC)c(OC(C)(C)C)c4c(=O)c34)=CN21. The van der Waals surface area contributed by atoms with Crippen molar-refractivity contribution in [2.75, 3.05) is 13.2 Å². The van der Waals surface area contributed by atoms with Crippen molar-refractivity contribution in [3.63, 3.8) is 0 Å². The number of aromatic nitrogens is 1. The largest absolute Gasteiger partial charge is 0.482 e. The number of Topliss-reactive ketones (excluding diaryl/α,β-unsaturated/α-hetero) is 1. The number of nitrogens with zero attached hydrogens (tertiary/aromatic N) is 2. The number of carbonyl (C=O) groups excluding carboxylic acids is 2. The molecular formula is C36H34N2O6. The number of hydrogen-bond donors (Lipinski definition) is 0. The van der Waals surface area contributed by atoms with Crippen LogP contribution in [0.3, 0.4) is 0 Å². The first kappa shape index (κ1) is 29.1. The molecule has 224 valence electrons. The minimum absolute atomic E-state index is 0.154. The lowest BCUT2D eigenvalue weighted by atomic mass is 9.83. The van der Waals surface area contributed by atoms with Crippen molar-refractivity contribution >= 4 is 28.1 Å². The molecule has 0 fully saturated rings. The Morgan fingerprint density at radius 2 is 1.59 bits per heavy atom. The second kappa shape index (κ2) is 11.3. The number of pyridine rings is 1. The number of fused-ring (bicyclic) bond motifs is 2. The number of rotatable bonds is 9. The molecular weight excluding hydrogens is 556 g/mol. The van der Waals surface area contributed by atoms with Gasteiger partial charge in [-0.05, 0) is 52.3 Å². The fourth-order valence-corrected chi connectivity index (χ4v) is 5.86. The predicted molar refractivity (Wildman–Crippen MR) is 168 cm³/mol. The highest BCUT2D eigenvalue weighted by Gasteiger charge is 2.48. The molecule has 0 saturated carbocycles. The van der Waals surface area contributed by atoms with Gasteiger partial charge in [-0.1, -0.05) is 60.7 Å². The molecule has 1 aromatic heterocycles. The van der Waals surface area contributed by atoms with Gasteiger partial charge in [0.2, 0.25) is 5.43 Å². The van der Waals surface area contributed by atoms with Crippen LogP contribution in [0.4, 0.5) is 0 Å². The third-order valence-electron chi connectivity index (χ3n) is 7.62. The van der Waals surface area contributed by atoms with E-state index in [0.717, 1.165) is 5.56 Å². The minimum Gasteiger partial charge on any atom is -0.482 e. The average molecular weight is 591 g/mol. The molecule has 8 nitrogen and oxygen atoms in total. The third kappa shape index (κ3) is 5.10. The second-order valence-electron chi connectivity index (χ2n) is 11.7. The predicted octanol–water partition coefficient (Wildman–Crippen LogP) is 6.13. The van der Waals surface area contributed by atoms with Crippen LogP contribution >= 0.6 is 0 Å². The Bertz CT molecular complexity index is 1850. The van der Waals surface area contributed by atoms with Crippen LogP contribution in [0.15, 0.2) is 95.1 Å². The molecule has 8 heteroatoms. The van der Waals surface area contributed by atoms with E-state index in [-0.39, 0.29) is 23.7 Å². The lowest BCUT2D eigenvalue weighted by Gasteiger charge is -2.29. The molecule has 0 saturated heterocycles. The maximum atomic E-state index is 14.2. The molecule has 2 aliphatic rings. The van der Waals surface area contributed by atoms with Crippen molar-refractivity contribution < 1.29 is 23.8 Å². The third-order valence-corrected chi connectivity index (χ3v) is 7.62. The number of hydrogen-bond acceptors (Lipinski definition) is 8. The first-order valence-electron chi connectivity index (χ1n) is 14.8. The summed E-state index contributed by atoms with van der Waals surface area (Å²) in [5.74, 6) is -0.646. The van der Waals surface area contributed by atoms with Crippen LogP contribution in [0.25, 0.3) is 16.3 Å². The highest BCUT2D eigenvalue weighted by molar-refractivity contribution is 6.13. The van der Waals surface area contributed by atoms with Gasteiger partial charge in [0.05, 0.1) is 29.7 Å². The summed E-state index contributed by atoms with van der Waals surface area (Å²) in [6.45, 7) is 9.82. The van der Waals surface area contributed by atoms with Gasteiger partial charge in [0.1, 0.15) is 11.6 Å². The van der Waals surface area contributed by atoms with Crippen LogP contribution in [-0.2, 0) is 9.53 Å². The molecule has 44 heavy (non-hydrogen) atoms. The summed E-state index contributed by atoms with van der Waals surface area (Å²) in [6.07, 6.45) is 5.43. The Kier molecular flexibility index (Phi) is 7.45. The van der Waals surface area contributed by atoms with E-state index in [1.165, 1.54) is 0 Å². The van der Waals surface area contributed by atoms with E-state index >= 15 is 0 Å². The molecule has 0 amide bonds. The zero-order chi connectivity index (χ0) is 31.2. The first-order valence-corrected chi connectivity index (χ1v) is 14.8. The molecule has 0 aliphatic carbocycles. The summed E-state index contributed by atoms with van der Waals surface area (Å²) < 4.78 is 17.5. The summed E-state index contributed by atoms with van der Waals surface area (Å²) in [4.78, 5) is 47.5. The van der Waals surface area contributed by atoms with Crippen LogP contribution in [0, 0.1) is 0 Å². The van der Waals surface area contributed by atoms with Gasteiger partial charge in [0.25, 0.3) is 5.88 Å². The van der Waals surface area contributed by atoms with E-state index in [0.29, 0.717) is 51.2 Å². The van der Waals surface area contributed by atoms with Crippen molar-refractivity contribution in [3.8, 4) is 11.6 Å². The lowest BCUT2D eigenvalue weighted by Crippen LogP contribution is -2.39. The van der Waals surface area contributed by atoms with Crippen molar-refractivity contribution in [2.24, 2.45) is 0 Å². The zero-order valence-corrected chi connectivity index (χ0v) is 25.4. The van der Waals surface area contributed by atoms with Crippen LogP contribution in [-0.4, -0.2) is 46.5 Å². The molecule has 3 heterocycles. The van der Waals surface area contributed by atoms with Gasteiger partial charge >= 0.3 is 5.97 Å². The Morgan fingerprint density at radius 1 is 0.909 bits per heavy atom. The fourth-order valence-electron chi connectivity index (χ4n) is 5.86. The fraction of sp³-hybridized carbons (Fsp3) is 0.278. The molecule has 0 N–H and O–H groups in total. The molecule has 2 atom stereocenters. The van der Waals surface area contributed by atoms with Gasteiger partial charge in [0.15, 0.2) is 11.5 Å². The van der Waals surface area contributed by atoms with Crippen molar-refractivity contribution in [2.45, 2.75) is 52.2 Å². The van der Waals surface area contributed by atoms with Crippen LogP contribution in [0.2, 0.25) is 0 Å². The second-order valence-corrected chi connectivity index (χ2v) is 11.7. The van der Waals surface area contributed by atoms with E-state index in [4.69, 9.17) is 19.2 Å². The topological polar surface area (TPSA) is 95.0 Å². The molecule has 0 spiro atoms. The normalized spacial score (nSPS) is 18.0. The van der Waals surface area contributed by atoms with Gasteiger partial charge in [-0.3, -0.25) is 9.59 Å². The van der Waals surface area contributed by atoms with Gasteiger partial charge in [-0.15, -0.1) is 0 Å². The van der Waals surface area contributed by atoms with E-state index in [2.05, 4.69) is 0 Å². The Labute approximate surface area is 255 Å².